The molecular formula is C18H18ClN5O3. The molecule has 1 atom stereocenters. The van der Waals surface area contributed by atoms with Crippen LogP contribution in [0.25, 0.3) is 17.1 Å². The van der Waals surface area contributed by atoms with Gasteiger partial charge in [-0.25, -0.2) is 0 Å². The Morgan fingerprint density at radius 3 is 2.63 bits per heavy atom. The summed E-state index contributed by atoms with van der Waals surface area (Å²) in [5, 5.41) is 23.4. The fraction of sp³-hybridized carbons (Fsp3) is 0.222. The van der Waals surface area contributed by atoms with Crippen LogP contribution >= 0.6 is 11.6 Å². The average molecular weight is 388 g/mol. The fourth-order valence-corrected chi connectivity index (χ4v) is 2.56. The molecule has 0 spiro atoms. The zero-order valence-corrected chi connectivity index (χ0v) is 15.5. The highest BCUT2D eigenvalue weighted by Crippen LogP contribution is 2.20. The number of rotatable bonds is 5. The van der Waals surface area contributed by atoms with Gasteiger partial charge >= 0.3 is 0 Å². The van der Waals surface area contributed by atoms with Gasteiger partial charge in [0.1, 0.15) is 5.56 Å². The van der Waals surface area contributed by atoms with E-state index in [9.17, 15) is 9.59 Å². The van der Waals surface area contributed by atoms with Crippen LogP contribution in [-0.4, -0.2) is 43.6 Å². The van der Waals surface area contributed by atoms with Gasteiger partial charge in [0.15, 0.2) is 5.82 Å². The predicted molar refractivity (Wildman–Crippen MR) is 101 cm³/mol. The summed E-state index contributed by atoms with van der Waals surface area (Å²) < 4.78 is 1.08. The third kappa shape index (κ3) is 4.07. The van der Waals surface area contributed by atoms with E-state index in [0.717, 1.165) is 10.4 Å². The van der Waals surface area contributed by atoms with E-state index in [2.05, 4.69) is 20.6 Å². The molecule has 0 radical (unpaired) electrons. The van der Waals surface area contributed by atoms with Crippen molar-refractivity contribution in [2.45, 2.75) is 19.9 Å². The minimum absolute atomic E-state index is 0.101. The van der Waals surface area contributed by atoms with Crippen molar-refractivity contribution < 1.29 is 9.90 Å². The molecule has 27 heavy (non-hydrogen) atoms. The van der Waals surface area contributed by atoms with Gasteiger partial charge in [-0.1, -0.05) is 23.7 Å². The topological polar surface area (TPSA) is 113 Å². The van der Waals surface area contributed by atoms with Crippen LogP contribution in [0, 0.1) is 6.92 Å². The third-order valence-corrected chi connectivity index (χ3v) is 4.11. The monoisotopic (exact) mass is 387 g/mol. The largest absolute Gasteiger partial charge is 0.394 e. The third-order valence-electron chi connectivity index (χ3n) is 3.86. The second-order valence-electron chi connectivity index (χ2n) is 6.13. The highest BCUT2D eigenvalue weighted by molar-refractivity contribution is 6.30. The minimum atomic E-state index is -0.609. The lowest BCUT2D eigenvalue weighted by atomic mass is 10.1. The Kier molecular flexibility index (Phi) is 5.38. The van der Waals surface area contributed by atoms with Gasteiger partial charge in [0.05, 0.1) is 12.3 Å². The van der Waals surface area contributed by atoms with Crippen LogP contribution in [0.2, 0.25) is 5.02 Å². The Hall–Kier alpha value is -2.97. The number of nitrogens with zero attached hydrogens (tertiary/aromatic N) is 3. The predicted octanol–water partition coefficient (Wildman–Crippen LogP) is 1.70. The first-order chi connectivity index (χ1) is 12.9. The fourth-order valence-electron chi connectivity index (χ4n) is 2.43. The van der Waals surface area contributed by atoms with Crippen molar-refractivity contribution in [2.75, 3.05) is 6.61 Å². The standard InChI is InChI=1S/C18H18ClN5O3/c1-10-7-16(22-21-10)24-18(27)14(17(26)20-11(2)9-25)8-15(23-24)12-3-5-13(19)6-4-12/h3-8,11,25H,9H2,1-2H3,(H,20,26)(H,21,22)/t11-/m0/s1. The molecule has 1 aromatic carbocycles. The van der Waals surface area contributed by atoms with E-state index in [0.29, 0.717) is 16.3 Å². The molecule has 3 aromatic rings. The molecular weight excluding hydrogens is 370 g/mol. The Bertz CT molecular complexity index is 1030. The second-order valence-corrected chi connectivity index (χ2v) is 6.57. The number of aliphatic hydroxyl groups excluding tert-OH is 1. The molecule has 9 heteroatoms. The van der Waals surface area contributed by atoms with Gasteiger partial charge < -0.3 is 10.4 Å². The Morgan fingerprint density at radius 2 is 2.04 bits per heavy atom. The van der Waals surface area contributed by atoms with Gasteiger partial charge in [0.25, 0.3) is 11.5 Å². The van der Waals surface area contributed by atoms with Crippen LogP contribution in [-0.2, 0) is 0 Å². The average Bonchev–Trinajstić information content (AvgIpc) is 3.08. The van der Waals surface area contributed by atoms with Gasteiger partial charge in [0.2, 0.25) is 0 Å². The molecule has 1 amide bonds. The number of aryl methyl sites for hydroxylation is 1. The van der Waals surface area contributed by atoms with Crippen molar-refractivity contribution in [1.29, 1.82) is 0 Å². The summed E-state index contributed by atoms with van der Waals surface area (Å²) in [6, 6.07) is 9.45. The summed E-state index contributed by atoms with van der Waals surface area (Å²) in [7, 11) is 0. The number of aliphatic hydroxyl groups is 1. The minimum Gasteiger partial charge on any atom is -0.394 e. The summed E-state index contributed by atoms with van der Waals surface area (Å²) in [5.74, 6) is -0.322. The van der Waals surface area contributed by atoms with Crippen LogP contribution < -0.4 is 10.9 Å². The SMILES string of the molecule is Cc1cc(-n2nc(-c3ccc(Cl)cc3)cc(C(=O)N[C@@H](C)CO)c2=O)n[nH]1. The second kappa shape index (κ2) is 7.73. The Labute approximate surface area is 159 Å². The molecule has 3 rings (SSSR count). The molecule has 0 unspecified atom stereocenters. The van der Waals surface area contributed by atoms with Crippen molar-refractivity contribution in [1.82, 2.24) is 25.3 Å². The molecule has 0 aliphatic rings. The summed E-state index contributed by atoms with van der Waals surface area (Å²) >= 11 is 5.93. The number of aromatic amines is 1. The van der Waals surface area contributed by atoms with Crippen LogP contribution in [0.4, 0.5) is 0 Å². The molecule has 0 fully saturated rings. The number of amides is 1. The van der Waals surface area contributed by atoms with Gasteiger partial charge in [0, 0.05) is 28.4 Å². The number of aromatic nitrogens is 4. The van der Waals surface area contributed by atoms with E-state index in [-0.39, 0.29) is 18.0 Å². The van der Waals surface area contributed by atoms with Gasteiger partial charge in [-0.05, 0) is 32.0 Å². The quantitative estimate of drug-likeness (QED) is 0.616. The first kappa shape index (κ1) is 18.8. The number of hydrogen-bond acceptors (Lipinski definition) is 5. The summed E-state index contributed by atoms with van der Waals surface area (Å²) in [6.07, 6.45) is 0. The number of H-pyrrole nitrogens is 1. The summed E-state index contributed by atoms with van der Waals surface area (Å²) in [6.45, 7) is 3.18. The van der Waals surface area contributed by atoms with E-state index in [1.54, 1.807) is 44.2 Å². The number of hydrogen-bond donors (Lipinski definition) is 3. The molecule has 0 bridgehead atoms. The lowest BCUT2D eigenvalue weighted by Crippen LogP contribution is -2.39. The molecule has 0 saturated heterocycles. The van der Waals surface area contributed by atoms with E-state index in [4.69, 9.17) is 16.7 Å². The Balaban J connectivity index is 2.17. The molecule has 0 saturated carbocycles. The number of benzene rings is 1. The van der Waals surface area contributed by atoms with Crippen LogP contribution in [0.1, 0.15) is 23.0 Å². The summed E-state index contributed by atoms with van der Waals surface area (Å²) in [4.78, 5) is 25.4. The van der Waals surface area contributed by atoms with Crippen LogP contribution in [0.5, 0.6) is 0 Å². The number of carbonyl (C=O) groups is 1. The zero-order valence-electron chi connectivity index (χ0n) is 14.7. The van der Waals surface area contributed by atoms with E-state index < -0.39 is 17.5 Å². The van der Waals surface area contributed by atoms with Gasteiger partial charge in [-0.3, -0.25) is 14.7 Å². The van der Waals surface area contributed by atoms with Gasteiger partial charge in [-0.2, -0.15) is 14.9 Å². The van der Waals surface area contributed by atoms with E-state index in [1.165, 1.54) is 6.07 Å². The maximum absolute atomic E-state index is 12.8. The van der Waals surface area contributed by atoms with Crippen LogP contribution in [0.15, 0.2) is 41.2 Å². The molecule has 0 aliphatic carbocycles. The van der Waals surface area contributed by atoms with Crippen molar-refractivity contribution in [3.8, 4) is 17.1 Å². The smallest absolute Gasteiger partial charge is 0.285 e. The number of nitrogens with one attached hydrogen (secondary N) is 2. The van der Waals surface area contributed by atoms with Gasteiger partial charge in [-0.15, -0.1) is 0 Å². The van der Waals surface area contributed by atoms with Crippen molar-refractivity contribution in [3.63, 3.8) is 0 Å². The van der Waals surface area contributed by atoms with Crippen molar-refractivity contribution >= 4 is 17.5 Å². The maximum atomic E-state index is 12.8. The van der Waals surface area contributed by atoms with E-state index >= 15 is 0 Å². The molecule has 140 valence electrons. The first-order valence-corrected chi connectivity index (χ1v) is 8.61. The van der Waals surface area contributed by atoms with E-state index in [1.807, 2.05) is 0 Å². The Morgan fingerprint density at radius 1 is 1.33 bits per heavy atom. The van der Waals surface area contributed by atoms with Crippen molar-refractivity contribution in [3.05, 3.63) is 63.0 Å². The zero-order chi connectivity index (χ0) is 19.6. The highest BCUT2D eigenvalue weighted by Gasteiger charge is 2.19. The lowest BCUT2D eigenvalue weighted by molar-refractivity contribution is 0.0920. The maximum Gasteiger partial charge on any atom is 0.285 e. The lowest BCUT2D eigenvalue weighted by Gasteiger charge is -2.12. The first-order valence-electron chi connectivity index (χ1n) is 8.23. The number of halogens is 1. The van der Waals surface area contributed by atoms with Crippen molar-refractivity contribution in [2.24, 2.45) is 0 Å². The molecule has 2 aromatic heterocycles. The normalized spacial score (nSPS) is 12.0. The highest BCUT2D eigenvalue weighted by atomic mass is 35.5. The molecule has 0 aliphatic heterocycles. The molecule has 3 N–H and O–H groups in total. The van der Waals surface area contributed by atoms with Crippen LogP contribution in [0.3, 0.4) is 0 Å². The number of carbonyl (C=O) groups excluding carboxylic acids is 1. The molecule has 8 nitrogen and oxygen atoms in total. The summed E-state index contributed by atoms with van der Waals surface area (Å²) in [5.41, 5.74) is 1.13. The molecule has 2 heterocycles.